The summed E-state index contributed by atoms with van der Waals surface area (Å²) in [5.74, 6) is 1.56. The van der Waals surface area contributed by atoms with Crippen molar-refractivity contribution in [3.8, 4) is 11.5 Å². The van der Waals surface area contributed by atoms with Gasteiger partial charge in [-0.2, -0.15) is 0 Å². The Kier molecular flexibility index (Phi) is 5.05. The summed E-state index contributed by atoms with van der Waals surface area (Å²) in [6.45, 7) is 2.75. The highest BCUT2D eigenvalue weighted by Crippen LogP contribution is 2.40. The van der Waals surface area contributed by atoms with Gasteiger partial charge >= 0.3 is 0 Å². The first-order chi connectivity index (χ1) is 12.9. The highest BCUT2D eigenvalue weighted by molar-refractivity contribution is 7.91. The number of hydrogen-bond acceptors (Lipinski definition) is 6. The summed E-state index contributed by atoms with van der Waals surface area (Å²) in [7, 11) is -2.89. The molecule has 0 bridgehead atoms. The number of rotatable bonds is 3. The van der Waals surface area contributed by atoms with E-state index < -0.39 is 9.84 Å². The molecule has 1 aromatic rings. The van der Waals surface area contributed by atoms with Crippen LogP contribution in [0.15, 0.2) is 18.2 Å². The molecule has 2 saturated heterocycles. The molecule has 1 amide bonds. The number of carbonyl (C=O) groups excluding carboxylic acids is 1. The Morgan fingerprint density at radius 1 is 1.19 bits per heavy atom. The molecule has 3 heterocycles. The Balaban J connectivity index is 1.33. The molecule has 1 atom stereocenters. The van der Waals surface area contributed by atoms with Crippen LogP contribution in [0.4, 0.5) is 0 Å². The zero-order valence-electron chi connectivity index (χ0n) is 14.8. The summed E-state index contributed by atoms with van der Waals surface area (Å²) >= 11 is 6.15. The summed E-state index contributed by atoms with van der Waals surface area (Å²) in [6.07, 6.45) is 3.94. The number of fused-ring (bicyclic) bond motifs is 1. The van der Waals surface area contributed by atoms with Gasteiger partial charge in [0.15, 0.2) is 21.3 Å². The van der Waals surface area contributed by atoms with Crippen LogP contribution in [0.5, 0.6) is 11.5 Å². The van der Waals surface area contributed by atoms with Crippen molar-refractivity contribution >= 4 is 33.4 Å². The number of ether oxygens (including phenoxy) is 2. The smallest absolute Gasteiger partial charge is 0.246 e. The minimum absolute atomic E-state index is 0.0671. The predicted octanol–water partition coefficient (Wildman–Crippen LogP) is 1.41. The third kappa shape index (κ3) is 4.07. The van der Waals surface area contributed by atoms with E-state index in [1.807, 2.05) is 0 Å². The molecule has 3 aliphatic rings. The number of sulfone groups is 1. The van der Waals surface area contributed by atoms with Crippen LogP contribution in [0, 0.1) is 0 Å². The minimum atomic E-state index is -2.89. The van der Waals surface area contributed by atoms with Gasteiger partial charge in [-0.3, -0.25) is 9.69 Å². The van der Waals surface area contributed by atoms with Gasteiger partial charge in [0.1, 0.15) is 0 Å². The maximum absolute atomic E-state index is 12.5. The second-order valence-electron chi connectivity index (χ2n) is 6.99. The Morgan fingerprint density at radius 2 is 1.96 bits per heavy atom. The van der Waals surface area contributed by atoms with Crippen molar-refractivity contribution in [2.24, 2.45) is 0 Å². The SMILES string of the molecule is O=C(/C=C/c1cc(Cl)c2c(c1)OCO2)N1CCN([C@@H]2CCS(=O)(=O)C2)CC1. The number of amides is 1. The summed E-state index contributed by atoms with van der Waals surface area (Å²) < 4.78 is 33.9. The monoisotopic (exact) mass is 412 g/mol. The topological polar surface area (TPSA) is 76.2 Å². The van der Waals surface area contributed by atoms with Crippen LogP contribution in [0.1, 0.15) is 12.0 Å². The molecule has 27 heavy (non-hydrogen) atoms. The van der Waals surface area contributed by atoms with Crippen molar-refractivity contribution in [2.45, 2.75) is 12.5 Å². The zero-order chi connectivity index (χ0) is 19.0. The lowest BCUT2D eigenvalue weighted by Crippen LogP contribution is -2.52. The number of carbonyl (C=O) groups is 1. The molecule has 0 unspecified atom stereocenters. The number of hydrogen-bond donors (Lipinski definition) is 0. The van der Waals surface area contributed by atoms with Gasteiger partial charge < -0.3 is 14.4 Å². The van der Waals surface area contributed by atoms with E-state index in [0.717, 1.165) is 5.56 Å². The molecule has 2 fully saturated rings. The maximum atomic E-state index is 12.5. The summed E-state index contributed by atoms with van der Waals surface area (Å²) in [5, 5.41) is 0.456. The molecule has 4 rings (SSSR count). The first-order valence-corrected chi connectivity index (χ1v) is 11.1. The fourth-order valence-electron chi connectivity index (χ4n) is 3.73. The molecule has 0 N–H and O–H groups in total. The van der Waals surface area contributed by atoms with Gasteiger partial charge in [-0.15, -0.1) is 0 Å². The second kappa shape index (κ2) is 7.33. The second-order valence-corrected chi connectivity index (χ2v) is 9.62. The van der Waals surface area contributed by atoms with Crippen molar-refractivity contribution in [2.75, 3.05) is 44.5 Å². The van der Waals surface area contributed by atoms with Crippen LogP contribution < -0.4 is 9.47 Å². The number of nitrogens with zero attached hydrogens (tertiary/aromatic N) is 2. The standard InChI is InChI=1S/C18H21ClN2O5S/c19-15-9-13(10-16-18(15)26-12-25-16)1-2-17(22)21-6-4-20(5-7-21)14-3-8-27(23,24)11-14/h1-2,9-10,14H,3-8,11-12H2/b2-1+/t14-/m1/s1. The molecule has 0 spiro atoms. The van der Waals surface area contributed by atoms with Crippen LogP contribution in [0.3, 0.4) is 0 Å². The first-order valence-electron chi connectivity index (χ1n) is 8.92. The normalized spacial score (nSPS) is 24.6. The molecular weight excluding hydrogens is 392 g/mol. The quantitative estimate of drug-likeness (QED) is 0.699. The predicted molar refractivity (Wildman–Crippen MR) is 102 cm³/mol. The number of benzene rings is 1. The largest absolute Gasteiger partial charge is 0.454 e. The summed E-state index contributed by atoms with van der Waals surface area (Å²) in [5.41, 5.74) is 0.771. The van der Waals surface area contributed by atoms with Crippen LogP contribution in [0.2, 0.25) is 5.02 Å². The van der Waals surface area contributed by atoms with E-state index in [2.05, 4.69) is 4.90 Å². The zero-order valence-corrected chi connectivity index (χ0v) is 16.3. The highest BCUT2D eigenvalue weighted by Gasteiger charge is 2.34. The van der Waals surface area contributed by atoms with Gasteiger partial charge in [-0.05, 0) is 30.2 Å². The maximum Gasteiger partial charge on any atom is 0.246 e. The lowest BCUT2D eigenvalue weighted by Gasteiger charge is -2.37. The van der Waals surface area contributed by atoms with E-state index in [-0.39, 0.29) is 30.2 Å². The molecule has 0 aliphatic carbocycles. The number of halogens is 1. The summed E-state index contributed by atoms with van der Waals surface area (Å²) in [4.78, 5) is 16.4. The van der Waals surface area contributed by atoms with E-state index in [0.29, 0.717) is 49.1 Å². The van der Waals surface area contributed by atoms with Gasteiger partial charge in [0, 0.05) is 38.3 Å². The lowest BCUT2D eigenvalue weighted by molar-refractivity contribution is -0.127. The number of piperazine rings is 1. The Hall–Kier alpha value is -1.77. The van der Waals surface area contributed by atoms with E-state index in [9.17, 15) is 13.2 Å². The van der Waals surface area contributed by atoms with Gasteiger partial charge in [0.05, 0.1) is 16.5 Å². The molecule has 0 radical (unpaired) electrons. The Bertz CT molecular complexity index is 878. The summed E-state index contributed by atoms with van der Waals surface area (Å²) in [6, 6.07) is 3.62. The lowest BCUT2D eigenvalue weighted by atomic mass is 10.1. The third-order valence-electron chi connectivity index (χ3n) is 5.22. The van der Waals surface area contributed by atoms with E-state index in [4.69, 9.17) is 21.1 Å². The van der Waals surface area contributed by atoms with Crippen LogP contribution in [0.25, 0.3) is 6.08 Å². The van der Waals surface area contributed by atoms with E-state index in [1.165, 1.54) is 6.08 Å². The van der Waals surface area contributed by atoms with Crippen LogP contribution in [-0.4, -0.2) is 74.6 Å². The van der Waals surface area contributed by atoms with Gasteiger partial charge in [0.25, 0.3) is 0 Å². The average molecular weight is 413 g/mol. The van der Waals surface area contributed by atoms with E-state index in [1.54, 1.807) is 23.1 Å². The van der Waals surface area contributed by atoms with Crippen molar-refractivity contribution in [3.63, 3.8) is 0 Å². The molecule has 1 aromatic carbocycles. The molecule has 146 valence electrons. The van der Waals surface area contributed by atoms with Gasteiger partial charge in [0.2, 0.25) is 12.7 Å². The highest BCUT2D eigenvalue weighted by atomic mass is 35.5. The van der Waals surface area contributed by atoms with Gasteiger partial charge in [-0.25, -0.2) is 8.42 Å². The fraction of sp³-hybridized carbons (Fsp3) is 0.500. The van der Waals surface area contributed by atoms with Crippen molar-refractivity contribution in [1.29, 1.82) is 0 Å². The Labute approximate surface area is 163 Å². The molecule has 7 nitrogen and oxygen atoms in total. The Morgan fingerprint density at radius 3 is 2.67 bits per heavy atom. The van der Waals surface area contributed by atoms with Crippen molar-refractivity contribution < 1.29 is 22.7 Å². The minimum Gasteiger partial charge on any atom is -0.454 e. The third-order valence-corrected chi connectivity index (χ3v) is 7.25. The van der Waals surface area contributed by atoms with E-state index >= 15 is 0 Å². The molecular formula is C18H21ClN2O5S. The molecule has 0 saturated carbocycles. The molecule has 0 aromatic heterocycles. The van der Waals surface area contributed by atoms with Gasteiger partial charge in [-0.1, -0.05) is 11.6 Å². The molecule has 3 aliphatic heterocycles. The van der Waals surface area contributed by atoms with Crippen LogP contribution >= 0.6 is 11.6 Å². The van der Waals surface area contributed by atoms with Crippen molar-refractivity contribution in [1.82, 2.24) is 9.80 Å². The average Bonchev–Trinajstić information content (AvgIpc) is 3.26. The fourth-order valence-corrected chi connectivity index (χ4v) is 5.76. The molecule has 9 heteroatoms. The first kappa shape index (κ1) is 18.6. The van der Waals surface area contributed by atoms with Crippen LogP contribution in [-0.2, 0) is 14.6 Å². The van der Waals surface area contributed by atoms with Crippen molar-refractivity contribution in [3.05, 3.63) is 28.8 Å².